The fourth-order valence-electron chi connectivity index (χ4n) is 11.5. The second-order valence-electron chi connectivity index (χ2n) is 28.8. The summed E-state index contributed by atoms with van der Waals surface area (Å²) in [7, 11) is -18.3. The minimum atomic E-state index is -3.70. The number of nitrogens with two attached hydrogens (primary N) is 2. The number of fused-ring (bicyclic) bond motifs is 2. The molecule has 0 atom stereocenters. The van der Waals surface area contributed by atoms with Gasteiger partial charge in [-0.3, -0.25) is 33.2 Å². The van der Waals surface area contributed by atoms with Crippen LogP contribution in [0.15, 0.2) is 222 Å². The Morgan fingerprint density at radius 2 is 0.766 bits per heavy atom. The molecule has 0 saturated carbocycles. The van der Waals surface area contributed by atoms with Crippen LogP contribution < -0.4 is 35.1 Å². The number of esters is 2. The van der Waals surface area contributed by atoms with Crippen molar-refractivity contribution < 1.29 is 121 Å². The van der Waals surface area contributed by atoms with Crippen LogP contribution in [0.3, 0.4) is 0 Å². The number of ketones is 1. The van der Waals surface area contributed by atoms with E-state index in [9.17, 15) is 102 Å². The second kappa shape index (κ2) is 55.3. The third kappa shape index (κ3) is 37.0. The summed E-state index contributed by atoms with van der Waals surface area (Å²) in [5.41, 5.74) is 9.36. The minimum absolute atomic E-state index is 0.0234. The Morgan fingerprint density at radius 1 is 0.397 bits per heavy atom. The lowest BCUT2D eigenvalue weighted by molar-refractivity contribution is 0.0458. The maximum Gasteiger partial charge on any atom is 0.343 e. The molecule has 31 nitrogen and oxygen atoms in total. The van der Waals surface area contributed by atoms with Gasteiger partial charge in [-0.1, -0.05) is 160 Å². The fraction of sp³-hybridized carbons (Fsp3) is 0.187. The van der Waals surface area contributed by atoms with E-state index < -0.39 is 148 Å². The van der Waals surface area contributed by atoms with Gasteiger partial charge in [0.2, 0.25) is 50.1 Å². The first-order chi connectivity index (χ1) is 66.3. The van der Waals surface area contributed by atoms with Crippen molar-refractivity contribution in [2.45, 2.75) is 79.9 Å². The number of carbonyl (C=O) groups excluding carboxylic acids is 4. The van der Waals surface area contributed by atoms with Crippen molar-refractivity contribution in [2.24, 2.45) is 0 Å². The minimum Gasteiger partial charge on any atom is -0.478 e. The quantitative estimate of drug-likeness (QED) is 0.00632. The maximum absolute atomic E-state index is 14.8. The molecule has 0 bridgehead atoms. The predicted octanol–water partition coefficient (Wildman–Crippen LogP) is 22.0. The summed E-state index contributed by atoms with van der Waals surface area (Å²) in [5, 5.41) is 18.0. The van der Waals surface area contributed by atoms with Crippen molar-refractivity contribution in [3.8, 4) is 0 Å². The third-order valence-electron chi connectivity index (χ3n) is 17.8. The number of pyridine rings is 2. The van der Waals surface area contributed by atoms with Gasteiger partial charge in [0.05, 0.1) is 100 Å². The maximum atomic E-state index is 14.8. The summed E-state index contributed by atoms with van der Waals surface area (Å²) in [5.74, 6) is -12.7. The van der Waals surface area contributed by atoms with Crippen molar-refractivity contribution in [3.63, 3.8) is 0 Å². The Kier molecular flexibility index (Phi) is 46.1. The molecule has 13 rings (SSSR count). The Bertz CT molecular complexity index is 7160. The zero-order chi connectivity index (χ0) is 105. The number of sulfonamides is 5. The first kappa shape index (κ1) is 118. The number of carbonyl (C=O) groups is 6. The van der Waals surface area contributed by atoms with E-state index in [-0.39, 0.29) is 113 Å². The number of hydrogen-bond donors (Lipinski definition) is 11. The average molecular weight is 2290 g/mol. The SMILES string of the molecule is Brc1cnc2[nH]ccc2c1.CCCS(=O)(=O)Nc1ccc(Cl)c(C(=O)O)c1F.CCCS(=O)(=O)Nc1ccc(Cl)c(C(=O)OCc2ccccc2)c1F.CCCS(=O)(=O)Nc1cccc(C(=O)Cl)c1F.CCCS(=O)(=O)Nc1cccc(C(=O)O)c1F.CCCS(=O)(=O)Nc1cccc(C(=O)c2c[nH]c3ncc(Br)cc23)c1F.Nc1ccc(Cl)c(C(=O)OCc2ccccc2)c1F.Nc1ccc(Cl)cc1F. The van der Waals surface area contributed by atoms with Crippen LogP contribution in [0.25, 0.3) is 22.1 Å². The number of halogens is 14. The van der Waals surface area contributed by atoms with E-state index in [1.165, 1.54) is 91.1 Å². The van der Waals surface area contributed by atoms with Crippen LogP contribution in [0.1, 0.15) is 146 Å². The number of benzene rings is 9. The molecule has 754 valence electrons. The van der Waals surface area contributed by atoms with Gasteiger partial charge < -0.3 is 41.1 Å². The molecule has 0 aliphatic rings. The monoisotopic (exact) mass is 2280 g/mol. The van der Waals surface area contributed by atoms with Gasteiger partial charge in [-0.15, -0.1) is 0 Å². The van der Waals surface area contributed by atoms with Crippen molar-refractivity contribution in [1.29, 1.82) is 0 Å². The molecule has 13 aromatic rings. The van der Waals surface area contributed by atoms with Gasteiger partial charge in [0.1, 0.15) is 47.0 Å². The highest BCUT2D eigenvalue weighted by Crippen LogP contribution is 2.33. The van der Waals surface area contributed by atoms with Crippen LogP contribution in [0, 0.1) is 40.7 Å². The van der Waals surface area contributed by atoms with Crippen molar-refractivity contribution in [2.75, 3.05) is 63.8 Å². The number of anilines is 7. The summed E-state index contributed by atoms with van der Waals surface area (Å²) in [6.07, 6.45) is 8.61. The van der Waals surface area contributed by atoms with E-state index in [0.29, 0.717) is 52.6 Å². The van der Waals surface area contributed by atoms with Gasteiger partial charge in [-0.2, -0.15) is 0 Å². The van der Waals surface area contributed by atoms with Gasteiger partial charge in [0, 0.05) is 55.1 Å². The van der Waals surface area contributed by atoms with E-state index in [2.05, 4.69) is 66.0 Å². The molecule has 4 aromatic heterocycles. The number of aromatic amines is 2. The standard InChI is InChI=1S/C17H15BrFN3O3S.C17H17ClFNO4S.C14H11ClFNO2.C10H11ClFNO4S.C10H11ClFNO3S.C10H12FNO4S.C7H5BrN2.C6H5ClFN/c1-2-6-26(24,25)22-14-5-3-4-11(15(14)19)16(23)13-9-21-17-12(13)7-10(18)8-20-17;1-2-10-25(22,23)20-14-9-8-13(18)15(16(14)19)17(21)24-11-12-6-4-3-5-7-12;15-10-6-7-11(17)13(16)12(10)14(18)19-8-9-4-2-1-3-5-9;1-2-5-18(16,17)13-7-4-3-6(11)8(9(7)12)10(14)15;1-2-6-17(15,16)13-8-5-3-4-7(9(8)12)10(11)14;1-2-6-17(15,16)12-8-5-3-4-7(9(8)11)10(13)14;8-6-3-5-1-2-9-7(5)10-4-6;7-4-1-2-6(9)5(8)3-4/h3-5,7-9,22H,2,6H2,1H3,(H,20,21);3-9,20H,2,10-11H2,1H3;1-7H,8,17H2;3-4,13H,2,5H2,1H3,(H,14,15);3-5,13H,2,6H2,1H3;3-5,12H,2,6H2,1H3,(H,13,14);1-4H,(H,9,10);1-3H,9H2. The summed E-state index contributed by atoms with van der Waals surface area (Å²) in [6.45, 7) is 8.39. The highest BCUT2D eigenvalue weighted by molar-refractivity contribution is 9.10. The second-order valence-corrected chi connectivity index (χ2v) is 41.9. The lowest BCUT2D eigenvalue weighted by Gasteiger charge is -2.12. The van der Waals surface area contributed by atoms with E-state index in [1.807, 2.05) is 52.0 Å². The van der Waals surface area contributed by atoms with Crippen LogP contribution >= 0.6 is 89.9 Å². The number of rotatable bonds is 31. The molecule has 0 fully saturated rings. The van der Waals surface area contributed by atoms with Gasteiger partial charge >= 0.3 is 23.9 Å². The van der Waals surface area contributed by atoms with Gasteiger partial charge in [-0.05, 0) is 196 Å². The first-order valence-electron chi connectivity index (χ1n) is 41.0. The van der Waals surface area contributed by atoms with E-state index in [4.69, 9.17) is 89.2 Å². The van der Waals surface area contributed by atoms with Crippen LogP contribution in [-0.2, 0) is 72.8 Å². The van der Waals surface area contributed by atoms with E-state index in [0.717, 1.165) is 44.8 Å². The topological polar surface area (TPSA) is 502 Å². The number of carboxylic acids is 2. The number of aromatic carboxylic acids is 2. The zero-order valence-electron chi connectivity index (χ0n) is 74.3. The molecule has 50 heteroatoms. The Hall–Kier alpha value is -12.2. The number of nitrogens with one attached hydrogen (secondary N) is 7. The lowest BCUT2D eigenvalue weighted by atomic mass is 10.0. The number of nitrogens with zero attached hydrogens (tertiary/aromatic N) is 2. The molecule has 0 unspecified atom stereocenters. The molecule has 0 radical (unpaired) electrons. The lowest BCUT2D eigenvalue weighted by Crippen LogP contribution is -2.18. The van der Waals surface area contributed by atoms with Crippen LogP contribution in [-0.4, -0.2) is 136 Å². The first-order valence-corrected chi connectivity index (χ1v) is 52.7. The van der Waals surface area contributed by atoms with Crippen LogP contribution in [0.4, 0.5) is 70.5 Å². The number of hydrogen-bond acceptors (Lipinski definition) is 22. The molecule has 4 heterocycles. The van der Waals surface area contributed by atoms with Crippen LogP contribution in [0.5, 0.6) is 0 Å². The highest BCUT2D eigenvalue weighted by atomic mass is 79.9. The smallest absolute Gasteiger partial charge is 0.343 e. The van der Waals surface area contributed by atoms with Crippen molar-refractivity contribution in [3.05, 3.63) is 333 Å². The van der Waals surface area contributed by atoms with Crippen molar-refractivity contribution in [1.82, 2.24) is 19.9 Å². The van der Waals surface area contributed by atoms with Crippen molar-refractivity contribution >= 4 is 237 Å². The molecule has 0 spiro atoms. The van der Waals surface area contributed by atoms with E-state index >= 15 is 0 Å². The fourth-order valence-corrected chi connectivity index (χ4v) is 18.8. The average Bonchev–Trinajstić information content (AvgIpc) is 1.70. The Labute approximate surface area is 847 Å². The van der Waals surface area contributed by atoms with Gasteiger partial charge in [-0.25, -0.2) is 102 Å². The molecule has 141 heavy (non-hydrogen) atoms. The molecule has 0 aliphatic heterocycles. The normalized spacial score (nSPS) is 11.0. The number of aromatic nitrogens is 4. The third-order valence-corrected chi connectivity index (χ3v) is 27.4. The number of nitrogen functional groups attached to an aromatic ring is 2. The molecule has 9 aromatic carbocycles. The molecule has 0 aliphatic carbocycles. The largest absolute Gasteiger partial charge is 0.478 e. The molecular weight excluding hydrogens is 2200 g/mol. The summed E-state index contributed by atoms with van der Waals surface area (Å²) >= 11 is 34.4. The van der Waals surface area contributed by atoms with E-state index in [1.54, 1.807) is 95.5 Å². The highest BCUT2D eigenvalue weighted by Gasteiger charge is 2.28. The molecular formula is C91H87Br2Cl5F7N11O20S5. The number of H-pyrrole nitrogens is 2. The van der Waals surface area contributed by atoms with Crippen LogP contribution in [0.2, 0.25) is 20.1 Å². The molecule has 13 N–H and O–H groups in total. The molecule has 0 amide bonds. The number of carboxylic acid groups (broad SMARTS) is 2. The summed E-state index contributed by atoms with van der Waals surface area (Å²) < 4.78 is 235. The Morgan fingerprint density at radius 3 is 1.18 bits per heavy atom. The predicted molar refractivity (Wildman–Crippen MR) is 538 cm³/mol. The Balaban J connectivity index is 0.000000251. The summed E-state index contributed by atoms with van der Waals surface area (Å²) in [4.78, 5) is 83.3. The van der Waals surface area contributed by atoms with Gasteiger partial charge in [0.25, 0.3) is 5.24 Å². The summed E-state index contributed by atoms with van der Waals surface area (Å²) in [6, 6.07) is 46.4. The van der Waals surface area contributed by atoms with Gasteiger partial charge in [0.15, 0.2) is 40.7 Å². The number of ether oxygens (including phenoxy) is 2. The molecule has 0 saturated heterocycles. The zero-order valence-corrected chi connectivity index (χ0v) is 85.4.